The molecule has 0 amide bonds. The van der Waals surface area contributed by atoms with Crippen LogP contribution in [0.25, 0.3) is 0 Å². The highest BCUT2D eigenvalue weighted by atomic mass is 15.3. The van der Waals surface area contributed by atoms with Crippen molar-refractivity contribution >= 4 is 0 Å². The quantitative estimate of drug-likeness (QED) is 0.634. The van der Waals surface area contributed by atoms with E-state index in [4.69, 9.17) is 5.26 Å². The Labute approximate surface area is 80.9 Å². The zero-order valence-electron chi connectivity index (χ0n) is 8.82. The zero-order valence-corrected chi connectivity index (χ0v) is 8.82. The molecule has 1 rings (SSSR count). The van der Waals surface area contributed by atoms with Gasteiger partial charge in [0.25, 0.3) is 0 Å². The van der Waals surface area contributed by atoms with Crippen molar-refractivity contribution < 1.29 is 0 Å². The summed E-state index contributed by atoms with van der Waals surface area (Å²) in [5.41, 5.74) is 0. The molecule has 0 aromatic heterocycles. The molecule has 1 atom stereocenters. The van der Waals surface area contributed by atoms with Crippen molar-refractivity contribution in [1.82, 2.24) is 9.80 Å². The van der Waals surface area contributed by atoms with E-state index in [2.05, 4.69) is 36.8 Å². The second kappa shape index (κ2) is 4.59. The Morgan fingerprint density at radius 3 is 2.69 bits per heavy atom. The summed E-state index contributed by atoms with van der Waals surface area (Å²) in [7, 11) is 2.11. The van der Waals surface area contributed by atoms with Crippen molar-refractivity contribution in [3.63, 3.8) is 0 Å². The molecule has 0 saturated carbocycles. The summed E-state index contributed by atoms with van der Waals surface area (Å²) >= 11 is 0. The Kier molecular flexibility index (Phi) is 3.71. The first-order valence-corrected chi connectivity index (χ1v) is 4.96. The Balaban J connectivity index is 2.48. The van der Waals surface area contributed by atoms with Crippen LogP contribution in [0.5, 0.6) is 0 Å². The largest absolute Gasteiger partial charge is 0.300 e. The molecule has 0 N–H and O–H groups in total. The molecule has 1 aliphatic heterocycles. The molecule has 74 valence electrons. The van der Waals surface area contributed by atoms with Crippen LogP contribution in [0.1, 0.15) is 20.3 Å². The van der Waals surface area contributed by atoms with E-state index in [1.807, 2.05) is 0 Å². The monoisotopic (exact) mass is 181 g/mol. The van der Waals surface area contributed by atoms with Gasteiger partial charge in [-0.05, 0) is 20.9 Å². The average Bonchev–Trinajstić information content (AvgIpc) is 2.08. The highest BCUT2D eigenvalue weighted by Crippen LogP contribution is 2.12. The van der Waals surface area contributed by atoms with Crippen molar-refractivity contribution in [1.29, 1.82) is 5.26 Å². The summed E-state index contributed by atoms with van der Waals surface area (Å²) in [6, 6.07) is 3.30. The fraction of sp³-hybridized carbons (Fsp3) is 0.900. The lowest BCUT2D eigenvalue weighted by Gasteiger charge is -2.40. The smallest absolute Gasteiger partial charge is 0.0638 e. The van der Waals surface area contributed by atoms with Crippen LogP contribution >= 0.6 is 0 Å². The lowest BCUT2D eigenvalue weighted by atomic mass is 10.1. The van der Waals surface area contributed by atoms with E-state index in [1.54, 1.807) is 0 Å². The van der Waals surface area contributed by atoms with Crippen molar-refractivity contribution in [2.24, 2.45) is 0 Å². The maximum absolute atomic E-state index is 8.67. The van der Waals surface area contributed by atoms with Gasteiger partial charge in [-0.15, -0.1) is 0 Å². The molecule has 0 unspecified atom stereocenters. The molecule has 1 fully saturated rings. The average molecular weight is 181 g/mol. The van der Waals surface area contributed by atoms with Gasteiger partial charge in [0.15, 0.2) is 0 Å². The number of nitrogens with zero attached hydrogens (tertiary/aromatic N) is 3. The maximum atomic E-state index is 8.67. The number of nitriles is 1. The van der Waals surface area contributed by atoms with E-state index in [9.17, 15) is 0 Å². The predicted molar refractivity (Wildman–Crippen MR) is 53.4 cm³/mol. The van der Waals surface area contributed by atoms with Gasteiger partial charge < -0.3 is 0 Å². The maximum Gasteiger partial charge on any atom is 0.0638 e. The first-order valence-electron chi connectivity index (χ1n) is 4.96. The standard InChI is InChI=1S/C10H19N3/c1-9(2)13-7-6-12(3)10(8-13)4-5-11/h9-10H,4,6-8H2,1-3H3/t10-/m1/s1. The molecule has 0 bridgehead atoms. The Morgan fingerprint density at radius 2 is 2.15 bits per heavy atom. The number of hydrogen-bond donors (Lipinski definition) is 0. The molecule has 1 heterocycles. The van der Waals surface area contributed by atoms with E-state index >= 15 is 0 Å². The van der Waals surface area contributed by atoms with Gasteiger partial charge in [-0.25, -0.2) is 0 Å². The molecule has 0 aromatic carbocycles. The van der Waals surface area contributed by atoms with E-state index in [-0.39, 0.29) is 0 Å². The summed E-state index contributed by atoms with van der Waals surface area (Å²) < 4.78 is 0. The van der Waals surface area contributed by atoms with E-state index < -0.39 is 0 Å². The summed E-state index contributed by atoms with van der Waals surface area (Å²) in [4.78, 5) is 4.74. The first-order chi connectivity index (χ1) is 6.15. The second-order valence-electron chi connectivity index (χ2n) is 4.09. The summed E-state index contributed by atoms with van der Waals surface area (Å²) in [5.74, 6) is 0. The Bertz CT molecular complexity index is 195. The summed E-state index contributed by atoms with van der Waals surface area (Å²) in [6.07, 6.45) is 0.653. The van der Waals surface area contributed by atoms with Gasteiger partial charge in [-0.1, -0.05) is 0 Å². The normalized spacial score (nSPS) is 26.2. The molecule has 0 radical (unpaired) electrons. The molecule has 3 heteroatoms. The molecule has 13 heavy (non-hydrogen) atoms. The van der Waals surface area contributed by atoms with Gasteiger partial charge in [0.2, 0.25) is 0 Å². The van der Waals surface area contributed by atoms with Crippen molar-refractivity contribution in [2.45, 2.75) is 32.4 Å². The van der Waals surface area contributed by atoms with Crippen LogP contribution in [0.2, 0.25) is 0 Å². The molecular formula is C10H19N3. The molecule has 1 saturated heterocycles. The Morgan fingerprint density at radius 1 is 1.46 bits per heavy atom. The van der Waals surface area contributed by atoms with Crippen LogP contribution in [0.15, 0.2) is 0 Å². The van der Waals surface area contributed by atoms with Gasteiger partial charge >= 0.3 is 0 Å². The van der Waals surface area contributed by atoms with Gasteiger partial charge in [-0.3, -0.25) is 9.80 Å². The fourth-order valence-electron chi connectivity index (χ4n) is 1.76. The van der Waals surface area contributed by atoms with E-state index in [1.165, 1.54) is 0 Å². The molecule has 0 spiro atoms. The number of likely N-dealkylation sites (N-methyl/N-ethyl adjacent to an activating group) is 1. The van der Waals surface area contributed by atoms with Gasteiger partial charge in [-0.2, -0.15) is 5.26 Å². The first kappa shape index (κ1) is 10.5. The second-order valence-corrected chi connectivity index (χ2v) is 4.09. The highest BCUT2D eigenvalue weighted by Gasteiger charge is 2.24. The minimum absolute atomic E-state index is 0.432. The number of piperazine rings is 1. The Hall–Kier alpha value is -0.590. The zero-order chi connectivity index (χ0) is 9.84. The van der Waals surface area contributed by atoms with E-state index in [0.29, 0.717) is 18.5 Å². The van der Waals surface area contributed by atoms with Crippen molar-refractivity contribution in [3.05, 3.63) is 0 Å². The van der Waals surface area contributed by atoms with Crippen LogP contribution in [0.3, 0.4) is 0 Å². The third-order valence-electron chi connectivity index (χ3n) is 2.87. The molecule has 3 nitrogen and oxygen atoms in total. The number of rotatable bonds is 2. The lowest BCUT2D eigenvalue weighted by molar-refractivity contribution is 0.0768. The van der Waals surface area contributed by atoms with Gasteiger partial charge in [0.1, 0.15) is 0 Å². The topological polar surface area (TPSA) is 30.3 Å². The molecule has 0 aromatic rings. The van der Waals surface area contributed by atoms with Crippen LogP contribution in [0.4, 0.5) is 0 Å². The van der Waals surface area contributed by atoms with Crippen LogP contribution in [-0.2, 0) is 0 Å². The minimum atomic E-state index is 0.432. The van der Waals surface area contributed by atoms with E-state index in [0.717, 1.165) is 19.6 Å². The van der Waals surface area contributed by atoms with Crippen LogP contribution < -0.4 is 0 Å². The molecular weight excluding hydrogens is 162 g/mol. The predicted octanol–water partition coefficient (Wildman–Crippen LogP) is 0.924. The highest BCUT2D eigenvalue weighted by molar-refractivity contribution is 4.88. The van der Waals surface area contributed by atoms with Crippen LogP contribution in [0, 0.1) is 11.3 Å². The fourth-order valence-corrected chi connectivity index (χ4v) is 1.76. The summed E-state index contributed by atoms with van der Waals surface area (Å²) in [5, 5.41) is 8.67. The molecule has 0 aliphatic carbocycles. The molecule has 1 aliphatic rings. The van der Waals surface area contributed by atoms with Crippen molar-refractivity contribution in [3.8, 4) is 6.07 Å². The van der Waals surface area contributed by atoms with Gasteiger partial charge in [0, 0.05) is 31.7 Å². The summed E-state index contributed by atoms with van der Waals surface area (Å²) in [6.45, 7) is 7.70. The minimum Gasteiger partial charge on any atom is -0.300 e. The SMILES string of the molecule is CC(C)N1CCN(C)[C@H](CC#N)C1. The van der Waals surface area contributed by atoms with Crippen molar-refractivity contribution in [2.75, 3.05) is 26.7 Å². The number of hydrogen-bond acceptors (Lipinski definition) is 3. The lowest BCUT2D eigenvalue weighted by Crippen LogP contribution is -2.53. The third-order valence-corrected chi connectivity index (χ3v) is 2.87. The van der Waals surface area contributed by atoms with Gasteiger partial charge in [0.05, 0.1) is 12.5 Å². The third kappa shape index (κ3) is 2.68. The van der Waals surface area contributed by atoms with Crippen LogP contribution in [-0.4, -0.2) is 48.6 Å².